The second-order valence-electron chi connectivity index (χ2n) is 11.8. The Labute approximate surface area is 263 Å². The molecule has 9 nitrogen and oxygen atoms in total. The zero-order valence-electron chi connectivity index (χ0n) is 26.3. The summed E-state index contributed by atoms with van der Waals surface area (Å²) in [5.41, 5.74) is 1.30. The molecule has 0 atom stereocenters. The van der Waals surface area contributed by atoms with Crippen molar-refractivity contribution in [1.82, 2.24) is 10.6 Å². The number of nitrogens with one attached hydrogen (secondary N) is 2. The van der Waals surface area contributed by atoms with Crippen LogP contribution >= 0.6 is 0 Å². The summed E-state index contributed by atoms with van der Waals surface area (Å²) in [4.78, 5) is 48.0. The molecule has 0 radical (unpaired) electrons. The van der Waals surface area contributed by atoms with Gasteiger partial charge in [-0.05, 0) is 90.1 Å². The van der Waals surface area contributed by atoms with E-state index in [9.17, 15) is 19.2 Å². The van der Waals surface area contributed by atoms with Gasteiger partial charge in [-0.2, -0.15) is 0 Å². The number of rotatable bonds is 8. The van der Waals surface area contributed by atoms with E-state index in [1.807, 2.05) is 47.6 Å². The molecule has 1 amide bonds. The number of ether oxygens (including phenoxy) is 3. The molecule has 0 saturated heterocycles. The summed E-state index contributed by atoms with van der Waals surface area (Å²) >= 11 is 0. The van der Waals surface area contributed by atoms with Crippen LogP contribution in [0.2, 0.25) is 0 Å². The van der Waals surface area contributed by atoms with Gasteiger partial charge in [0, 0.05) is 29.1 Å². The second kappa shape index (κ2) is 15.3. The largest absolute Gasteiger partial charge is 0.488 e. The fraction of sp³-hybridized carbons (Fsp3) is 0.222. The molecule has 3 aromatic carbocycles. The summed E-state index contributed by atoms with van der Waals surface area (Å²) in [6.45, 7) is 11.8. The molecule has 4 rings (SSSR count). The van der Waals surface area contributed by atoms with Gasteiger partial charge in [-0.25, -0.2) is 4.79 Å². The third-order valence-corrected chi connectivity index (χ3v) is 5.75. The molecule has 0 aromatic heterocycles. The number of carbonyl (C=O) groups is 4. The summed E-state index contributed by atoms with van der Waals surface area (Å²) < 4.78 is 16.0. The zero-order valence-corrected chi connectivity index (χ0v) is 26.3. The molecule has 1 aliphatic rings. The SMILES string of the molecule is CC(C)(C)OC=O.CC(C)(C)Oc1ccc(C(=O)NC2=CNC=CC=C2OC(=O)c2ccc(C(=O)c3ccccc3)cc2)cc1. The van der Waals surface area contributed by atoms with Crippen molar-refractivity contribution in [1.29, 1.82) is 0 Å². The lowest BCUT2D eigenvalue weighted by molar-refractivity contribution is -0.138. The minimum Gasteiger partial charge on any atom is -0.488 e. The highest BCUT2D eigenvalue weighted by Gasteiger charge is 2.19. The van der Waals surface area contributed by atoms with Gasteiger partial charge in [0.1, 0.15) is 22.6 Å². The number of carbonyl (C=O) groups excluding carboxylic acids is 4. The Hall–Kier alpha value is -5.44. The van der Waals surface area contributed by atoms with E-state index < -0.39 is 5.97 Å². The fourth-order valence-corrected chi connectivity index (χ4v) is 3.71. The number of hydrogen-bond donors (Lipinski definition) is 2. The molecule has 2 N–H and O–H groups in total. The van der Waals surface area contributed by atoms with Gasteiger partial charge in [0.15, 0.2) is 11.5 Å². The van der Waals surface area contributed by atoms with Crippen LogP contribution < -0.4 is 15.4 Å². The van der Waals surface area contributed by atoms with E-state index in [0.717, 1.165) is 0 Å². The molecule has 0 unspecified atom stereocenters. The third-order valence-electron chi connectivity index (χ3n) is 5.75. The predicted molar refractivity (Wildman–Crippen MR) is 171 cm³/mol. The molecule has 234 valence electrons. The molecule has 45 heavy (non-hydrogen) atoms. The van der Waals surface area contributed by atoms with Gasteiger partial charge >= 0.3 is 5.97 Å². The van der Waals surface area contributed by atoms with Crippen LogP contribution in [0.1, 0.15) is 78.2 Å². The quantitative estimate of drug-likeness (QED) is 0.169. The highest BCUT2D eigenvalue weighted by atomic mass is 16.5. The van der Waals surface area contributed by atoms with Gasteiger partial charge in [-0.15, -0.1) is 0 Å². The first kappa shape index (κ1) is 34.1. The van der Waals surface area contributed by atoms with E-state index >= 15 is 0 Å². The molecule has 0 aliphatic carbocycles. The lowest BCUT2D eigenvalue weighted by atomic mass is 10.0. The number of benzene rings is 3. The monoisotopic (exact) mass is 610 g/mol. The van der Waals surface area contributed by atoms with E-state index in [4.69, 9.17) is 9.47 Å². The van der Waals surface area contributed by atoms with E-state index in [0.29, 0.717) is 28.9 Å². The Morgan fingerprint density at radius 2 is 1.31 bits per heavy atom. The van der Waals surface area contributed by atoms with Gasteiger partial charge in [0.2, 0.25) is 0 Å². The van der Waals surface area contributed by atoms with Crippen molar-refractivity contribution in [2.75, 3.05) is 0 Å². The normalized spacial score (nSPS) is 12.5. The van der Waals surface area contributed by atoms with Crippen molar-refractivity contribution in [3.8, 4) is 5.75 Å². The van der Waals surface area contributed by atoms with Gasteiger partial charge < -0.3 is 24.8 Å². The van der Waals surface area contributed by atoms with E-state index in [-0.39, 0.29) is 39.9 Å². The highest BCUT2D eigenvalue weighted by molar-refractivity contribution is 6.09. The van der Waals surface area contributed by atoms with Crippen molar-refractivity contribution in [2.45, 2.75) is 52.7 Å². The van der Waals surface area contributed by atoms with Crippen LogP contribution in [0.4, 0.5) is 0 Å². The van der Waals surface area contributed by atoms with Crippen LogP contribution in [0.5, 0.6) is 5.75 Å². The second-order valence-corrected chi connectivity index (χ2v) is 11.8. The van der Waals surface area contributed by atoms with Crippen LogP contribution in [0, 0.1) is 0 Å². The topological polar surface area (TPSA) is 120 Å². The van der Waals surface area contributed by atoms with Crippen molar-refractivity contribution < 1.29 is 33.4 Å². The summed E-state index contributed by atoms with van der Waals surface area (Å²) in [5.74, 6) is -0.345. The Morgan fingerprint density at radius 3 is 1.87 bits per heavy atom. The number of ketones is 1. The van der Waals surface area contributed by atoms with Crippen LogP contribution in [0.3, 0.4) is 0 Å². The summed E-state index contributed by atoms with van der Waals surface area (Å²) in [6.07, 6.45) is 6.38. The number of hydrogen-bond acceptors (Lipinski definition) is 8. The minimum absolute atomic E-state index is 0.140. The smallest absolute Gasteiger partial charge is 0.343 e. The fourth-order valence-electron chi connectivity index (χ4n) is 3.71. The molecular weight excluding hydrogens is 572 g/mol. The molecule has 0 fully saturated rings. The van der Waals surface area contributed by atoms with Crippen molar-refractivity contribution in [2.24, 2.45) is 0 Å². The van der Waals surface area contributed by atoms with Crippen LogP contribution in [0.15, 0.2) is 115 Å². The summed E-state index contributed by atoms with van der Waals surface area (Å²) in [7, 11) is 0. The standard InChI is InChI=1S/C31H28N2O5.C5H10O2/c1-31(2,3)38-25-17-15-23(16-18-25)29(35)33-26-20-32-19-7-10-27(26)37-30(36)24-13-11-22(12-14-24)28(34)21-8-5-4-6-9-21;1-5(2,3)7-4-6/h4-20,32H,1-3H3,(H,33,35);4H,1-3H3. The molecule has 0 bridgehead atoms. The summed E-state index contributed by atoms with van der Waals surface area (Å²) in [5, 5.41) is 5.69. The first-order chi connectivity index (χ1) is 21.3. The van der Waals surface area contributed by atoms with Crippen LogP contribution in [0.25, 0.3) is 0 Å². The Balaban J connectivity index is 0.000000707. The maximum absolute atomic E-state index is 12.9. The summed E-state index contributed by atoms with van der Waals surface area (Å²) in [6, 6.07) is 21.9. The van der Waals surface area contributed by atoms with Crippen molar-refractivity contribution in [3.05, 3.63) is 137 Å². The molecular formula is C36H38N2O7. The molecule has 1 aliphatic heterocycles. The average Bonchev–Trinajstić information content (AvgIpc) is 3.21. The molecule has 9 heteroatoms. The zero-order chi connectivity index (χ0) is 33.0. The average molecular weight is 611 g/mol. The Bertz CT molecular complexity index is 1570. The van der Waals surface area contributed by atoms with Gasteiger partial charge in [0.25, 0.3) is 12.4 Å². The van der Waals surface area contributed by atoms with E-state index in [1.54, 1.807) is 79.0 Å². The molecule has 0 saturated carbocycles. The lowest BCUT2D eigenvalue weighted by Gasteiger charge is -2.21. The predicted octanol–water partition coefficient (Wildman–Crippen LogP) is 6.48. The van der Waals surface area contributed by atoms with Crippen molar-refractivity contribution >= 4 is 24.1 Å². The lowest BCUT2D eigenvalue weighted by Crippen LogP contribution is -2.26. The molecule has 0 spiro atoms. The van der Waals surface area contributed by atoms with Gasteiger partial charge in [-0.3, -0.25) is 14.4 Å². The Kier molecular flexibility index (Phi) is 11.6. The van der Waals surface area contributed by atoms with Crippen LogP contribution in [-0.2, 0) is 14.3 Å². The molecule has 1 heterocycles. The maximum Gasteiger partial charge on any atom is 0.343 e. The highest BCUT2D eigenvalue weighted by Crippen LogP contribution is 2.20. The number of amides is 1. The van der Waals surface area contributed by atoms with E-state index in [1.165, 1.54) is 18.3 Å². The first-order valence-electron chi connectivity index (χ1n) is 14.2. The molecule has 3 aromatic rings. The van der Waals surface area contributed by atoms with E-state index in [2.05, 4.69) is 15.4 Å². The Morgan fingerprint density at radius 1 is 0.733 bits per heavy atom. The maximum atomic E-state index is 12.9. The van der Waals surface area contributed by atoms with Gasteiger partial charge in [-0.1, -0.05) is 42.5 Å². The minimum atomic E-state index is -0.630. The first-order valence-corrected chi connectivity index (χ1v) is 14.2. The van der Waals surface area contributed by atoms with Crippen LogP contribution in [-0.4, -0.2) is 35.3 Å². The third kappa shape index (κ3) is 11.3. The van der Waals surface area contributed by atoms with Gasteiger partial charge in [0.05, 0.1) is 5.56 Å². The number of esters is 1. The number of allylic oxidation sites excluding steroid dienone is 2. The van der Waals surface area contributed by atoms with Crippen molar-refractivity contribution in [3.63, 3.8) is 0 Å².